The number of Topliss-reactive ketones (excluding diaryl/α,β-unsaturated/α-hetero) is 1. The van der Waals surface area contributed by atoms with Gasteiger partial charge in [0.15, 0.2) is 5.13 Å². The summed E-state index contributed by atoms with van der Waals surface area (Å²) in [5.74, 6) is -0.949. The first-order chi connectivity index (χ1) is 17.3. The van der Waals surface area contributed by atoms with Gasteiger partial charge in [-0.05, 0) is 74.7 Å². The summed E-state index contributed by atoms with van der Waals surface area (Å²) in [6.07, 6.45) is 0. The number of carbonyl (C=O) groups excluding carboxylic acids is 2. The van der Waals surface area contributed by atoms with Crippen molar-refractivity contribution in [3.05, 3.63) is 94.1 Å². The smallest absolute Gasteiger partial charge is 0.301 e. The van der Waals surface area contributed by atoms with E-state index in [1.807, 2.05) is 76.2 Å². The van der Waals surface area contributed by atoms with Crippen molar-refractivity contribution in [3.63, 3.8) is 0 Å². The van der Waals surface area contributed by atoms with Crippen LogP contribution >= 0.6 is 11.3 Å². The maximum absolute atomic E-state index is 13.5. The number of anilines is 1. The van der Waals surface area contributed by atoms with Gasteiger partial charge in [-0.3, -0.25) is 14.5 Å². The zero-order chi connectivity index (χ0) is 25.6. The summed E-state index contributed by atoms with van der Waals surface area (Å²) in [5.41, 5.74) is 4.85. The van der Waals surface area contributed by atoms with E-state index in [9.17, 15) is 14.7 Å². The lowest BCUT2D eigenvalue weighted by atomic mass is 9.93. The fourth-order valence-corrected chi connectivity index (χ4v) is 5.61. The number of aromatic nitrogens is 1. The zero-order valence-electron chi connectivity index (χ0n) is 20.5. The van der Waals surface area contributed by atoms with E-state index in [-0.39, 0.29) is 11.3 Å². The second-order valence-electron chi connectivity index (χ2n) is 8.96. The van der Waals surface area contributed by atoms with Gasteiger partial charge < -0.3 is 9.84 Å². The Balaban J connectivity index is 1.73. The topological polar surface area (TPSA) is 79.7 Å². The van der Waals surface area contributed by atoms with Crippen LogP contribution in [0.25, 0.3) is 16.0 Å². The summed E-state index contributed by atoms with van der Waals surface area (Å²) in [6.45, 7) is 8.21. The fourth-order valence-electron chi connectivity index (χ4n) is 4.52. The number of hydrogen-bond acceptors (Lipinski definition) is 6. The maximum atomic E-state index is 13.5. The number of nitrogens with zero attached hydrogens (tertiary/aromatic N) is 2. The third-order valence-electron chi connectivity index (χ3n) is 6.34. The Kier molecular flexibility index (Phi) is 6.10. The highest BCUT2D eigenvalue weighted by molar-refractivity contribution is 7.22. The molecule has 1 amide bonds. The predicted molar refractivity (Wildman–Crippen MR) is 143 cm³/mol. The van der Waals surface area contributed by atoms with Crippen LogP contribution in [0.15, 0.2) is 66.2 Å². The van der Waals surface area contributed by atoms with E-state index in [0.29, 0.717) is 28.6 Å². The van der Waals surface area contributed by atoms with Gasteiger partial charge in [0.25, 0.3) is 5.78 Å². The SMILES string of the molecule is CCOc1ccc(C2/C(=C(\O)c3cc(C)ccc3C)C(=O)C(=O)N2c2nc3ccc(C)cc3s2)cc1. The number of aliphatic hydroxyl groups excluding tert-OH is 1. The van der Waals surface area contributed by atoms with Crippen molar-refractivity contribution in [3.8, 4) is 5.75 Å². The highest BCUT2D eigenvalue weighted by Crippen LogP contribution is 2.45. The van der Waals surface area contributed by atoms with E-state index in [1.165, 1.54) is 16.2 Å². The molecular formula is C29H26N2O4S. The molecule has 0 aliphatic carbocycles. The van der Waals surface area contributed by atoms with Crippen molar-refractivity contribution in [2.45, 2.75) is 33.7 Å². The number of amides is 1. The van der Waals surface area contributed by atoms with Crippen LogP contribution in [0, 0.1) is 20.8 Å². The van der Waals surface area contributed by atoms with Gasteiger partial charge in [0.1, 0.15) is 11.5 Å². The van der Waals surface area contributed by atoms with Crippen LogP contribution in [0.2, 0.25) is 0 Å². The molecule has 7 heteroatoms. The average Bonchev–Trinajstić information content (AvgIpc) is 3.38. The van der Waals surface area contributed by atoms with E-state index in [2.05, 4.69) is 4.98 Å². The number of hydrogen-bond donors (Lipinski definition) is 1. The highest BCUT2D eigenvalue weighted by Gasteiger charge is 2.48. The van der Waals surface area contributed by atoms with Crippen molar-refractivity contribution < 1.29 is 19.4 Å². The molecule has 0 saturated carbocycles. The van der Waals surface area contributed by atoms with Crippen molar-refractivity contribution in [2.75, 3.05) is 11.5 Å². The number of aliphatic hydroxyl groups is 1. The van der Waals surface area contributed by atoms with Gasteiger partial charge in [-0.25, -0.2) is 4.98 Å². The van der Waals surface area contributed by atoms with Crippen molar-refractivity contribution >= 4 is 44.1 Å². The number of carbonyl (C=O) groups is 2. The van der Waals surface area contributed by atoms with Crippen LogP contribution in [-0.2, 0) is 9.59 Å². The molecule has 3 aromatic carbocycles. The first-order valence-corrected chi connectivity index (χ1v) is 12.6. The summed E-state index contributed by atoms with van der Waals surface area (Å²) in [4.78, 5) is 33.0. The summed E-state index contributed by atoms with van der Waals surface area (Å²) < 4.78 is 6.50. The Morgan fingerprint density at radius 2 is 1.69 bits per heavy atom. The number of rotatable bonds is 5. The number of ketones is 1. The lowest BCUT2D eigenvalue weighted by Crippen LogP contribution is -2.29. The van der Waals surface area contributed by atoms with Gasteiger partial charge in [0.2, 0.25) is 0 Å². The molecule has 1 saturated heterocycles. The van der Waals surface area contributed by atoms with Gasteiger partial charge in [-0.1, -0.05) is 47.2 Å². The minimum atomic E-state index is -0.831. The minimum Gasteiger partial charge on any atom is -0.507 e. The second-order valence-corrected chi connectivity index (χ2v) is 9.97. The van der Waals surface area contributed by atoms with Crippen LogP contribution in [0.4, 0.5) is 5.13 Å². The molecule has 2 heterocycles. The summed E-state index contributed by atoms with van der Waals surface area (Å²) in [5, 5.41) is 11.9. The minimum absolute atomic E-state index is 0.0493. The standard InChI is InChI=1S/C29H26N2O4S/c1-5-35-20-11-9-19(10-12-20)25-24(26(32)21-14-16(2)6-8-18(21)4)27(33)28(34)31(25)29-30-22-13-7-17(3)15-23(22)36-29/h6-15,25,32H,5H2,1-4H3/b26-24+. The van der Waals surface area contributed by atoms with Gasteiger partial charge in [0, 0.05) is 5.56 Å². The van der Waals surface area contributed by atoms with Crippen LogP contribution in [0.1, 0.15) is 40.8 Å². The van der Waals surface area contributed by atoms with Gasteiger partial charge >= 0.3 is 5.91 Å². The molecule has 1 atom stereocenters. The third kappa shape index (κ3) is 4.05. The molecule has 36 heavy (non-hydrogen) atoms. The van der Waals surface area contributed by atoms with E-state index < -0.39 is 17.7 Å². The Morgan fingerprint density at radius 1 is 1.00 bits per heavy atom. The lowest BCUT2D eigenvalue weighted by Gasteiger charge is -2.23. The monoisotopic (exact) mass is 498 g/mol. The molecule has 0 bridgehead atoms. The van der Waals surface area contributed by atoms with Crippen LogP contribution in [-0.4, -0.2) is 28.4 Å². The Bertz CT molecular complexity index is 1530. The fraction of sp³-hybridized carbons (Fsp3) is 0.207. The molecular weight excluding hydrogens is 472 g/mol. The van der Waals surface area contributed by atoms with E-state index in [1.54, 1.807) is 12.1 Å². The number of fused-ring (bicyclic) bond motifs is 1. The molecule has 4 aromatic rings. The first-order valence-electron chi connectivity index (χ1n) is 11.8. The first kappa shape index (κ1) is 23.8. The quantitative estimate of drug-likeness (QED) is 0.200. The normalized spacial score (nSPS) is 17.2. The zero-order valence-corrected chi connectivity index (χ0v) is 21.3. The highest BCUT2D eigenvalue weighted by atomic mass is 32.1. The van der Waals surface area contributed by atoms with Crippen molar-refractivity contribution in [2.24, 2.45) is 0 Å². The van der Waals surface area contributed by atoms with E-state index in [4.69, 9.17) is 4.74 Å². The van der Waals surface area contributed by atoms with E-state index >= 15 is 0 Å². The van der Waals surface area contributed by atoms with Gasteiger partial charge in [-0.15, -0.1) is 0 Å². The van der Waals surface area contributed by atoms with E-state index in [0.717, 1.165) is 26.9 Å². The summed E-state index contributed by atoms with van der Waals surface area (Å²) >= 11 is 1.35. The number of benzene rings is 3. The predicted octanol–water partition coefficient (Wildman–Crippen LogP) is 6.25. The van der Waals surface area contributed by atoms with Gasteiger partial charge in [-0.2, -0.15) is 0 Å². The number of aryl methyl sites for hydroxylation is 3. The van der Waals surface area contributed by atoms with Crippen LogP contribution < -0.4 is 9.64 Å². The number of ether oxygens (including phenoxy) is 1. The summed E-state index contributed by atoms with van der Waals surface area (Å²) in [6, 6.07) is 18.0. The average molecular weight is 499 g/mol. The molecule has 1 aliphatic heterocycles. The van der Waals surface area contributed by atoms with Gasteiger partial charge in [0.05, 0.1) is 28.4 Å². The largest absolute Gasteiger partial charge is 0.507 e. The van der Waals surface area contributed by atoms with Crippen LogP contribution in [0.5, 0.6) is 5.75 Å². The summed E-state index contributed by atoms with van der Waals surface area (Å²) in [7, 11) is 0. The molecule has 1 N–H and O–H groups in total. The molecule has 0 radical (unpaired) electrons. The Morgan fingerprint density at radius 3 is 2.42 bits per heavy atom. The molecule has 5 rings (SSSR count). The molecule has 1 aliphatic rings. The van der Waals surface area contributed by atoms with Crippen molar-refractivity contribution in [1.29, 1.82) is 0 Å². The molecule has 1 fully saturated rings. The molecule has 0 spiro atoms. The Labute approximate surface area is 213 Å². The van der Waals surface area contributed by atoms with Crippen LogP contribution in [0.3, 0.4) is 0 Å². The molecule has 6 nitrogen and oxygen atoms in total. The maximum Gasteiger partial charge on any atom is 0.301 e. The third-order valence-corrected chi connectivity index (χ3v) is 7.36. The molecule has 1 unspecified atom stereocenters. The lowest BCUT2D eigenvalue weighted by molar-refractivity contribution is -0.132. The number of thiazole rings is 1. The molecule has 1 aromatic heterocycles. The van der Waals surface area contributed by atoms with Crippen molar-refractivity contribution in [1.82, 2.24) is 4.98 Å². The molecule has 182 valence electrons. The Hall–Kier alpha value is -3.97. The second kappa shape index (κ2) is 9.24.